The molecule has 2 unspecified atom stereocenters. The van der Waals surface area contributed by atoms with Gasteiger partial charge in [-0.15, -0.1) is 0 Å². The van der Waals surface area contributed by atoms with E-state index in [1.165, 1.54) is 14.2 Å². The third-order valence-electron chi connectivity index (χ3n) is 4.74. The molecular weight excluding hydrogens is 328 g/mol. The van der Waals surface area contributed by atoms with Gasteiger partial charge in [-0.3, -0.25) is 0 Å². The van der Waals surface area contributed by atoms with Gasteiger partial charge in [-0.05, 0) is 26.0 Å². The van der Waals surface area contributed by atoms with E-state index in [4.69, 9.17) is 23.7 Å². The van der Waals surface area contributed by atoms with Crippen molar-refractivity contribution >= 4 is 11.9 Å². The summed E-state index contributed by atoms with van der Waals surface area (Å²) in [5, 5.41) is 0. The standard InChI is InChI=1S/C18H16O7/c1-17-11(15(19)21-3)12(16(20)22-4)18(2,25-17)14-13(17)23-9-7-5-6-8-10(9)24-14/h5-8H,1-4H3. The molecule has 4 rings (SSSR count). The van der Waals surface area contributed by atoms with Crippen LogP contribution >= 0.6 is 0 Å². The highest BCUT2D eigenvalue weighted by molar-refractivity contribution is 6.06. The maximum absolute atomic E-state index is 12.4. The van der Waals surface area contributed by atoms with E-state index in [0.717, 1.165) is 0 Å². The molecule has 25 heavy (non-hydrogen) atoms. The van der Waals surface area contributed by atoms with Gasteiger partial charge < -0.3 is 23.7 Å². The smallest absolute Gasteiger partial charge is 0.337 e. The Morgan fingerprint density at radius 2 is 1.24 bits per heavy atom. The number of para-hydroxylation sites is 2. The van der Waals surface area contributed by atoms with Crippen molar-refractivity contribution in [2.24, 2.45) is 0 Å². The maximum Gasteiger partial charge on any atom is 0.337 e. The number of fused-ring (bicyclic) bond motifs is 5. The predicted octanol–water partition coefficient (Wildman–Crippen LogP) is 1.87. The number of hydrogen-bond donors (Lipinski definition) is 0. The Balaban J connectivity index is 1.92. The zero-order valence-corrected chi connectivity index (χ0v) is 14.2. The van der Waals surface area contributed by atoms with Crippen molar-refractivity contribution in [3.05, 3.63) is 46.9 Å². The van der Waals surface area contributed by atoms with Crippen molar-refractivity contribution in [2.75, 3.05) is 14.2 Å². The van der Waals surface area contributed by atoms with Gasteiger partial charge in [0.2, 0.25) is 0 Å². The molecule has 0 N–H and O–H groups in total. The van der Waals surface area contributed by atoms with Gasteiger partial charge in [0.05, 0.1) is 25.4 Å². The van der Waals surface area contributed by atoms with Crippen molar-refractivity contribution in [1.29, 1.82) is 0 Å². The van der Waals surface area contributed by atoms with Gasteiger partial charge in [0.25, 0.3) is 0 Å². The van der Waals surface area contributed by atoms with Crippen LogP contribution in [0.4, 0.5) is 0 Å². The molecular formula is C18H16O7. The van der Waals surface area contributed by atoms with E-state index in [1.807, 2.05) is 12.1 Å². The minimum atomic E-state index is -1.31. The van der Waals surface area contributed by atoms with Crippen LogP contribution in [0.1, 0.15) is 13.8 Å². The predicted molar refractivity (Wildman–Crippen MR) is 83.7 cm³/mol. The van der Waals surface area contributed by atoms with Gasteiger partial charge in [0.1, 0.15) is 0 Å². The molecule has 130 valence electrons. The second-order valence-electron chi connectivity index (χ2n) is 6.21. The molecule has 2 atom stereocenters. The maximum atomic E-state index is 12.4. The number of esters is 2. The molecule has 0 saturated carbocycles. The van der Waals surface area contributed by atoms with Crippen molar-refractivity contribution in [2.45, 2.75) is 25.0 Å². The van der Waals surface area contributed by atoms with Crippen LogP contribution < -0.4 is 9.47 Å². The second kappa shape index (κ2) is 4.86. The Labute approximate surface area is 143 Å². The number of carbonyl (C=O) groups is 2. The van der Waals surface area contributed by atoms with Crippen molar-refractivity contribution in [1.82, 2.24) is 0 Å². The molecule has 0 saturated heterocycles. The monoisotopic (exact) mass is 344 g/mol. The molecule has 3 aliphatic rings. The molecule has 3 heterocycles. The summed E-state index contributed by atoms with van der Waals surface area (Å²) in [5.41, 5.74) is -2.50. The van der Waals surface area contributed by atoms with Crippen LogP contribution in [0.5, 0.6) is 11.5 Å². The first kappa shape index (κ1) is 15.7. The van der Waals surface area contributed by atoms with Crippen molar-refractivity contribution < 1.29 is 33.3 Å². The highest BCUT2D eigenvalue weighted by Crippen LogP contribution is 2.60. The van der Waals surface area contributed by atoms with E-state index < -0.39 is 23.1 Å². The summed E-state index contributed by atoms with van der Waals surface area (Å²) >= 11 is 0. The minimum Gasteiger partial charge on any atom is -0.466 e. The molecule has 7 heteroatoms. The van der Waals surface area contributed by atoms with E-state index in [2.05, 4.69) is 0 Å². The lowest BCUT2D eigenvalue weighted by atomic mass is 9.80. The topological polar surface area (TPSA) is 80.3 Å². The first-order chi connectivity index (χ1) is 11.9. The molecule has 0 fully saturated rings. The van der Waals surface area contributed by atoms with Crippen LogP contribution in [0.2, 0.25) is 0 Å². The molecule has 3 aliphatic heterocycles. The number of hydrogen-bond acceptors (Lipinski definition) is 7. The van der Waals surface area contributed by atoms with E-state index in [-0.39, 0.29) is 11.1 Å². The first-order valence-corrected chi connectivity index (χ1v) is 7.69. The van der Waals surface area contributed by atoms with E-state index in [9.17, 15) is 9.59 Å². The highest BCUT2D eigenvalue weighted by atomic mass is 16.6. The normalized spacial score (nSPS) is 28.8. The summed E-state index contributed by atoms with van der Waals surface area (Å²) in [7, 11) is 2.48. The average Bonchev–Trinajstić information content (AvgIpc) is 3.00. The third-order valence-corrected chi connectivity index (χ3v) is 4.74. The summed E-state index contributed by atoms with van der Waals surface area (Å²) in [6.45, 7) is 3.29. The molecule has 0 aromatic heterocycles. The lowest BCUT2D eigenvalue weighted by Crippen LogP contribution is -2.39. The summed E-state index contributed by atoms with van der Waals surface area (Å²) < 4.78 is 27.8. The molecule has 0 spiro atoms. The lowest BCUT2D eigenvalue weighted by Gasteiger charge is -2.31. The summed E-state index contributed by atoms with van der Waals surface area (Å²) in [6.07, 6.45) is 0. The SMILES string of the molecule is COC(=O)C1=C(C(=O)OC)C2(C)OC1(C)C1=C2Oc2ccccc2O1. The molecule has 0 aliphatic carbocycles. The van der Waals surface area contributed by atoms with E-state index in [1.54, 1.807) is 26.0 Å². The van der Waals surface area contributed by atoms with Crippen LogP contribution in [0.25, 0.3) is 0 Å². The fourth-order valence-corrected chi connectivity index (χ4v) is 3.66. The van der Waals surface area contributed by atoms with Gasteiger partial charge in [0, 0.05) is 0 Å². The minimum absolute atomic E-state index is 0.0612. The average molecular weight is 344 g/mol. The Morgan fingerprint density at radius 1 is 0.840 bits per heavy atom. The number of carbonyl (C=O) groups excluding carboxylic acids is 2. The molecule has 1 aromatic carbocycles. The Hall–Kier alpha value is -2.80. The molecule has 0 radical (unpaired) electrons. The Bertz CT molecular complexity index is 812. The summed E-state index contributed by atoms with van der Waals surface area (Å²) in [5.74, 6) is 0.321. The van der Waals surface area contributed by atoms with Gasteiger partial charge >= 0.3 is 11.9 Å². The van der Waals surface area contributed by atoms with Crippen molar-refractivity contribution in [3.8, 4) is 11.5 Å². The quantitative estimate of drug-likeness (QED) is 0.758. The van der Waals surface area contributed by atoms with Crippen LogP contribution in [0.3, 0.4) is 0 Å². The number of rotatable bonds is 2. The van der Waals surface area contributed by atoms with Gasteiger partial charge in [-0.1, -0.05) is 12.1 Å². The van der Waals surface area contributed by atoms with Gasteiger partial charge in [0.15, 0.2) is 34.2 Å². The molecule has 0 amide bonds. The molecule has 7 nitrogen and oxygen atoms in total. The van der Waals surface area contributed by atoms with Gasteiger partial charge in [-0.2, -0.15) is 0 Å². The van der Waals surface area contributed by atoms with E-state index >= 15 is 0 Å². The van der Waals surface area contributed by atoms with Crippen LogP contribution in [0.15, 0.2) is 46.9 Å². The molecule has 1 aromatic rings. The fourth-order valence-electron chi connectivity index (χ4n) is 3.66. The zero-order chi connectivity index (χ0) is 18.0. The van der Waals surface area contributed by atoms with Gasteiger partial charge in [-0.25, -0.2) is 9.59 Å². The number of benzene rings is 1. The lowest BCUT2D eigenvalue weighted by molar-refractivity contribution is -0.139. The zero-order valence-electron chi connectivity index (χ0n) is 14.2. The number of methoxy groups -OCH3 is 2. The largest absolute Gasteiger partial charge is 0.466 e. The van der Waals surface area contributed by atoms with E-state index in [0.29, 0.717) is 23.0 Å². The fraction of sp³-hybridized carbons (Fsp3) is 0.333. The van der Waals surface area contributed by atoms with Crippen LogP contribution in [-0.4, -0.2) is 37.4 Å². The highest BCUT2D eigenvalue weighted by Gasteiger charge is 2.69. The van der Waals surface area contributed by atoms with Crippen LogP contribution in [-0.2, 0) is 23.8 Å². The number of ether oxygens (including phenoxy) is 5. The summed E-state index contributed by atoms with van der Waals surface area (Å²) in [6, 6.07) is 7.12. The van der Waals surface area contributed by atoms with Crippen molar-refractivity contribution in [3.63, 3.8) is 0 Å². The second-order valence-corrected chi connectivity index (χ2v) is 6.21. The third kappa shape index (κ3) is 1.78. The Kier molecular flexibility index (Phi) is 3.05. The first-order valence-electron chi connectivity index (χ1n) is 7.69. The van der Waals surface area contributed by atoms with Crippen LogP contribution in [0, 0.1) is 0 Å². The Morgan fingerprint density at radius 3 is 1.60 bits per heavy atom. The molecule has 2 bridgehead atoms. The summed E-state index contributed by atoms with van der Waals surface area (Å²) in [4.78, 5) is 24.8.